The topological polar surface area (TPSA) is 69.4 Å². The molecule has 0 saturated carbocycles. The first-order valence-electron chi connectivity index (χ1n) is 4.88. The summed E-state index contributed by atoms with van der Waals surface area (Å²) in [5.41, 5.74) is -1.45. The molecule has 0 spiro atoms. The third-order valence-electron chi connectivity index (χ3n) is 1.94. The average molecular weight is 241 g/mol. The Balaban J connectivity index is 2.98. The highest BCUT2D eigenvalue weighted by Crippen LogP contribution is 2.25. The Kier molecular flexibility index (Phi) is 3.45. The molecule has 0 aliphatic rings. The quantitative estimate of drug-likeness (QED) is 0.345. The fourth-order valence-corrected chi connectivity index (χ4v) is 0.956. The molecule has 0 amide bonds. The molecule has 0 fully saturated rings. The minimum absolute atomic E-state index is 0.0435. The number of carbonyl (C=O) groups excluding carboxylic acids is 1. The number of hydrogen-bond donors (Lipinski definition) is 0. The lowest BCUT2D eigenvalue weighted by atomic mass is 9.97. The van der Waals surface area contributed by atoms with Crippen LogP contribution in [-0.2, 0) is 4.79 Å². The van der Waals surface area contributed by atoms with Crippen molar-refractivity contribution >= 4 is 11.7 Å². The Morgan fingerprint density at radius 2 is 2.00 bits per heavy atom. The lowest BCUT2D eigenvalue weighted by Crippen LogP contribution is -2.25. The summed E-state index contributed by atoms with van der Waals surface area (Å²) in [5, 5.41) is 10.5. The van der Waals surface area contributed by atoms with Gasteiger partial charge in [-0.05, 0) is 32.9 Å². The van der Waals surface area contributed by atoms with Gasteiger partial charge in [-0.3, -0.25) is 14.9 Å². The zero-order valence-electron chi connectivity index (χ0n) is 9.69. The summed E-state index contributed by atoms with van der Waals surface area (Å²) >= 11 is 0. The fourth-order valence-electron chi connectivity index (χ4n) is 0.956. The van der Waals surface area contributed by atoms with Gasteiger partial charge in [0, 0.05) is 0 Å². The molecule has 17 heavy (non-hydrogen) atoms. The zero-order valence-corrected chi connectivity index (χ0v) is 9.69. The molecular formula is C11H12FNO4. The molecule has 0 heterocycles. The van der Waals surface area contributed by atoms with Gasteiger partial charge in [-0.25, -0.2) is 0 Å². The molecule has 0 unspecified atom stereocenters. The number of carbonyl (C=O) groups is 1. The van der Waals surface area contributed by atoms with Crippen LogP contribution in [-0.4, -0.2) is 10.9 Å². The molecule has 1 rings (SSSR count). The van der Waals surface area contributed by atoms with E-state index < -0.39 is 27.8 Å². The van der Waals surface area contributed by atoms with E-state index in [0.717, 1.165) is 12.1 Å². The van der Waals surface area contributed by atoms with Crippen molar-refractivity contribution in [3.8, 4) is 5.75 Å². The summed E-state index contributed by atoms with van der Waals surface area (Å²) in [6.07, 6.45) is 0. The second-order valence-corrected chi connectivity index (χ2v) is 4.51. The summed E-state index contributed by atoms with van der Waals surface area (Å²) in [5.74, 6) is -1.55. The second-order valence-electron chi connectivity index (χ2n) is 4.51. The number of halogens is 1. The third-order valence-corrected chi connectivity index (χ3v) is 1.94. The first kappa shape index (κ1) is 13.1. The van der Waals surface area contributed by atoms with Crippen molar-refractivity contribution in [1.29, 1.82) is 0 Å². The van der Waals surface area contributed by atoms with Gasteiger partial charge in [0.05, 0.1) is 16.4 Å². The smallest absolute Gasteiger partial charge is 0.316 e. The fraction of sp³-hybridized carbons (Fsp3) is 0.364. The zero-order chi connectivity index (χ0) is 13.2. The van der Waals surface area contributed by atoms with Gasteiger partial charge in [-0.2, -0.15) is 4.39 Å². The van der Waals surface area contributed by atoms with Crippen molar-refractivity contribution in [3.05, 3.63) is 34.1 Å². The molecular weight excluding hydrogens is 229 g/mol. The molecule has 0 aromatic heterocycles. The van der Waals surface area contributed by atoms with Crippen LogP contribution in [0.5, 0.6) is 5.75 Å². The third kappa shape index (κ3) is 3.24. The molecule has 0 saturated heterocycles. The number of ether oxygens (including phenoxy) is 1. The minimum Gasteiger partial charge on any atom is -0.426 e. The molecule has 92 valence electrons. The van der Waals surface area contributed by atoms with E-state index in [1.54, 1.807) is 20.8 Å². The van der Waals surface area contributed by atoms with E-state index in [-0.39, 0.29) is 5.75 Å². The largest absolute Gasteiger partial charge is 0.426 e. The molecule has 0 aliphatic heterocycles. The number of hydrogen-bond acceptors (Lipinski definition) is 4. The summed E-state index contributed by atoms with van der Waals surface area (Å²) in [6, 6.07) is 2.95. The van der Waals surface area contributed by atoms with Gasteiger partial charge in [-0.1, -0.05) is 0 Å². The van der Waals surface area contributed by atoms with Crippen molar-refractivity contribution < 1.29 is 18.8 Å². The highest BCUT2D eigenvalue weighted by molar-refractivity contribution is 5.78. The van der Waals surface area contributed by atoms with Gasteiger partial charge in [0.2, 0.25) is 5.82 Å². The van der Waals surface area contributed by atoms with E-state index in [1.165, 1.54) is 6.07 Å². The first-order chi connectivity index (χ1) is 7.71. The van der Waals surface area contributed by atoms with Crippen molar-refractivity contribution in [1.82, 2.24) is 0 Å². The molecule has 0 radical (unpaired) electrons. The molecule has 0 N–H and O–H groups in total. The predicted molar refractivity (Wildman–Crippen MR) is 58.1 cm³/mol. The first-order valence-corrected chi connectivity index (χ1v) is 4.88. The standard InChI is InChI=1S/C11H12FNO4/c1-11(2,3)10(14)17-7-4-5-8(12)9(6-7)13(15)16/h4-6H,1-3H3. The van der Waals surface area contributed by atoms with Crippen molar-refractivity contribution in [3.63, 3.8) is 0 Å². The summed E-state index contributed by atoms with van der Waals surface area (Å²) < 4.78 is 17.9. The molecule has 0 aliphatic carbocycles. The molecule has 5 nitrogen and oxygen atoms in total. The van der Waals surface area contributed by atoms with Gasteiger partial charge in [0.15, 0.2) is 0 Å². The van der Waals surface area contributed by atoms with Crippen LogP contribution in [0.25, 0.3) is 0 Å². The number of nitrogens with zero attached hydrogens (tertiary/aromatic N) is 1. The average Bonchev–Trinajstić information content (AvgIpc) is 2.19. The van der Waals surface area contributed by atoms with Crippen LogP contribution >= 0.6 is 0 Å². The minimum atomic E-state index is -0.967. The van der Waals surface area contributed by atoms with Gasteiger partial charge in [0.25, 0.3) is 0 Å². The number of nitro groups is 1. The van der Waals surface area contributed by atoms with Crippen molar-refractivity contribution in [2.45, 2.75) is 20.8 Å². The van der Waals surface area contributed by atoms with E-state index >= 15 is 0 Å². The number of rotatable bonds is 2. The van der Waals surface area contributed by atoms with Crippen LogP contribution in [0.3, 0.4) is 0 Å². The maximum absolute atomic E-state index is 13.0. The van der Waals surface area contributed by atoms with Gasteiger partial charge >= 0.3 is 11.7 Å². The summed E-state index contributed by atoms with van der Waals surface area (Å²) in [7, 11) is 0. The lowest BCUT2D eigenvalue weighted by Gasteiger charge is -2.16. The maximum Gasteiger partial charge on any atom is 0.316 e. The molecule has 0 atom stereocenters. The van der Waals surface area contributed by atoms with Gasteiger partial charge < -0.3 is 4.74 Å². The number of esters is 1. The predicted octanol–water partition coefficient (Wildman–Crippen LogP) is 2.69. The Bertz CT molecular complexity index is 465. The van der Waals surface area contributed by atoms with Crippen molar-refractivity contribution in [2.75, 3.05) is 0 Å². The second kappa shape index (κ2) is 4.48. The van der Waals surface area contributed by atoms with Crippen LogP contribution in [0.2, 0.25) is 0 Å². The Morgan fingerprint density at radius 3 is 2.47 bits per heavy atom. The maximum atomic E-state index is 13.0. The highest BCUT2D eigenvalue weighted by Gasteiger charge is 2.25. The SMILES string of the molecule is CC(C)(C)C(=O)Oc1ccc(F)c([N+](=O)[O-])c1. The molecule has 1 aromatic carbocycles. The van der Waals surface area contributed by atoms with Crippen LogP contribution in [0.4, 0.5) is 10.1 Å². The van der Waals surface area contributed by atoms with Crippen LogP contribution in [0, 0.1) is 21.3 Å². The van der Waals surface area contributed by atoms with E-state index in [0.29, 0.717) is 0 Å². The van der Waals surface area contributed by atoms with E-state index in [4.69, 9.17) is 4.74 Å². The van der Waals surface area contributed by atoms with Gasteiger partial charge in [0.1, 0.15) is 5.75 Å². The van der Waals surface area contributed by atoms with E-state index in [9.17, 15) is 19.3 Å². The van der Waals surface area contributed by atoms with Crippen LogP contribution in [0.15, 0.2) is 18.2 Å². The lowest BCUT2D eigenvalue weighted by molar-refractivity contribution is -0.387. The Labute approximate surface area is 97.3 Å². The van der Waals surface area contributed by atoms with Gasteiger partial charge in [-0.15, -0.1) is 0 Å². The van der Waals surface area contributed by atoms with E-state index in [1.807, 2.05) is 0 Å². The highest BCUT2D eigenvalue weighted by atomic mass is 19.1. The van der Waals surface area contributed by atoms with Crippen molar-refractivity contribution in [2.24, 2.45) is 5.41 Å². The van der Waals surface area contributed by atoms with Crippen LogP contribution in [0.1, 0.15) is 20.8 Å². The number of benzene rings is 1. The molecule has 0 bridgehead atoms. The Hall–Kier alpha value is -1.98. The molecule has 1 aromatic rings. The number of nitro benzene ring substituents is 1. The Morgan fingerprint density at radius 1 is 1.41 bits per heavy atom. The normalized spacial score (nSPS) is 11.1. The van der Waals surface area contributed by atoms with E-state index in [2.05, 4.69) is 0 Å². The molecule has 6 heteroatoms. The monoisotopic (exact) mass is 241 g/mol. The summed E-state index contributed by atoms with van der Waals surface area (Å²) in [4.78, 5) is 21.1. The van der Waals surface area contributed by atoms with Crippen LogP contribution < -0.4 is 4.74 Å². The summed E-state index contributed by atoms with van der Waals surface area (Å²) in [6.45, 7) is 4.94.